The van der Waals surface area contributed by atoms with Gasteiger partial charge in [-0.15, -0.1) is 0 Å². The predicted molar refractivity (Wildman–Crippen MR) is 55.6 cm³/mol. The minimum absolute atomic E-state index is 0.0455. The number of allylic oxidation sites excluding steroid dienone is 2. The Balaban J connectivity index is 3.08. The molecule has 0 spiro atoms. The summed E-state index contributed by atoms with van der Waals surface area (Å²) < 4.78 is 0. The van der Waals surface area contributed by atoms with Crippen molar-refractivity contribution in [2.45, 2.75) is 26.2 Å². The van der Waals surface area contributed by atoms with E-state index in [1.807, 2.05) is 0 Å². The van der Waals surface area contributed by atoms with Gasteiger partial charge in [-0.2, -0.15) is 0 Å². The summed E-state index contributed by atoms with van der Waals surface area (Å²) in [7, 11) is 1.65. The van der Waals surface area contributed by atoms with Gasteiger partial charge in [0.05, 0.1) is 6.54 Å². The van der Waals surface area contributed by atoms with Crippen LogP contribution in [-0.2, 0) is 4.79 Å². The largest absolute Gasteiger partial charge is 0.358 e. The molecule has 0 unspecified atom stereocenters. The summed E-state index contributed by atoms with van der Waals surface area (Å²) in [5, 5.41) is 5.63. The Kier molecular flexibility index (Phi) is 8.67. The van der Waals surface area contributed by atoms with E-state index in [-0.39, 0.29) is 5.91 Å². The molecule has 1 amide bonds. The van der Waals surface area contributed by atoms with Crippen LogP contribution in [-0.4, -0.2) is 26.0 Å². The lowest BCUT2D eigenvalue weighted by Gasteiger charge is -2.01. The molecule has 0 aromatic rings. The molecule has 0 saturated carbocycles. The Morgan fingerprint density at radius 2 is 2.15 bits per heavy atom. The number of unbranched alkanes of at least 4 members (excludes halogenated alkanes) is 1. The van der Waals surface area contributed by atoms with E-state index in [1.54, 1.807) is 7.05 Å². The van der Waals surface area contributed by atoms with Crippen molar-refractivity contribution in [1.82, 2.24) is 10.6 Å². The van der Waals surface area contributed by atoms with Crippen LogP contribution in [0.15, 0.2) is 12.2 Å². The van der Waals surface area contributed by atoms with Gasteiger partial charge in [0.25, 0.3) is 0 Å². The van der Waals surface area contributed by atoms with Crippen LogP contribution >= 0.6 is 0 Å². The van der Waals surface area contributed by atoms with Crippen LogP contribution in [0.2, 0.25) is 0 Å². The number of amides is 1. The summed E-state index contributed by atoms with van der Waals surface area (Å²) in [6.45, 7) is 3.45. The molecule has 0 aromatic carbocycles. The van der Waals surface area contributed by atoms with Gasteiger partial charge in [-0.3, -0.25) is 4.79 Å². The molecular weight excluding hydrogens is 164 g/mol. The van der Waals surface area contributed by atoms with Crippen molar-refractivity contribution in [3.8, 4) is 0 Å². The summed E-state index contributed by atoms with van der Waals surface area (Å²) in [6, 6.07) is 0. The van der Waals surface area contributed by atoms with Gasteiger partial charge in [-0.25, -0.2) is 0 Å². The number of nitrogens with one attached hydrogen (secondary N) is 2. The fourth-order valence-electron chi connectivity index (χ4n) is 0.920. The van der Waals surface area contributed by atoms with Crippen molar-refractivity contribution in [1.29, 1.82) is 0 Å². The van der Waals surface area contributed by atoms with Crippen LogP contribution in [0.4, 0.5) is 0 Å². The van der Waals surface area contributed by atoms with Crippen LogP contribution in [0.5, 0.6) is 0 Å². The first-order valence-corrected chi connectivity index (χ1v) is 4.87. The lowest BCUT2D eigenvalue weighted by Crippen LogP contribution is -2.31. The van der Waals surface area contributed by atoms with E-state index in [0.29, 0.717) is 6.54 Å². The van der Waals surface area contributed by atoms with Crippen LogP contribution in [0.1, 0.15) is 26.2 Å². The molecule has 13 heavy (non-hydrogen) atoms. The molecule has 3 nitrogen and oxygen atoms in total. The summed E-state index contributed by atoms with van der Waals surface area (Å²) >= 11 is 0. The Bertz CT molecular complexity index is 155. The highest BCUT2D eigenvalue weighted by molar-refractivity contribution is 5.77. The standard InChI is InChI=1S/C10H20N2O/c1-3-4-5-6-7-8-12-9-10(13)11-2/h4-5,12H,3,6-9H2,1-2H3,(H,11,13)/b5-4+. The molecule has 0 saturated heterocycles. The summed E-state index contributed by atoms with van der Waals surface area (Å²) in [5.74, 6) is 0.0455. The molecule has 0 atom stereocenters. The third-order valence-corrected chi connectivity index (χ3v) is 1.69. The zero-order chi connectivity index (χ0) is 9.94. The highest BCUT2D eigenvalue weighted by atomic mass is 16.1. The second kappa shape index (κ2) is 9.26. The van der Waals surface area contributed by atoms with Crippen molar-refractivity contribution in [3.63, 3.8) is 0 Å². The molecule has 0 fully saturated rings. The van der Waals surface area contributed by atoms with Gasteiger partial charge >= 0.3 is 0 Å². The van der Waals surface area contributed by atoms with Gasteiger partial charge in [0, 0.05) is 7.05 Å². The Hall–Kier alpha value is -0.830. The maximum absolute atomic E-state index is 10.8. The van der Waals surface area contributed by atoms with E-state index in [4.69, 9.17) is 0 Å². The predicted octanol–water partition coefficient (Wildman–Crippen LogP) is 1.07. The van der Waals surface area contributed by atoms with E-state index in [2.05, 4.69) is 29.7 Å². The molecule has 0 bridgehead atoms. The molecule has 0 rings (SSSR count). The zero-order valence-corrected chi connectivity index (χ0v) is 8.60. The number of hydrogen-bond donors (Lipinski definition) is 2. The van der Waals surface area contributed by atoms with Gasteiger partial charge < -0.3 is 10.6 Å². The summed E-state index contributed by atoms with van der Waals surface area (Å²) in [4.78, 5) is 10.8. The van der Waals surface area contributed by atoms with Gasteiger partial charge in [0.15, 0.2) is 0 Å². The minimum Gasteiger partial charge on any atom is -0.358 e. The van der Waals surface area contributed by atoms with E-state index in [1.165, 1.54) is 0 Å². The maximum Gasteiger partial charge on any atom is 0.233 e. The molecule has 76 valence electrons. The van der Waals surface area contributed by atoms with Crippen molar-refractivity contribution in [2.75, 3.05) is 20.1 Å². The zero-order valence-electron chi connectivity index (χ0n) is 8.60. The number of carbonyl (C=O) groups is 1. The quantitative estimate of drug-likeness (QED) is 0.459. The van der Waals surface area contributed by atoms with Crippen LogP contribution in [0.25, 0.3) is 0 Å². The van der Waals surface area contributed by atoms with Crippen molar-refractivity contribution in [2.24, 2.45) is 0 Å². The molecule has 0 aromatic heterocycles. The van der Waals surface area contributed by atoms with E-state index < -0.39 is 0 Å². The van der Waals surface area contributed by atoms with Crippen molar-refractivity contribution < 1.29 is 4.79 Å². The summed E-state index contributed by atoms with van der Waals surface area (Å²) in [6.07, 6.45) is 7.63. The molecule has 0 radical (unpaired) electrons. The number of hydrogen-bond acceptors (Lipinski definition) is 2. The highest BCUT2D eigenvalue weighted by Gasteiger charge is 1.93. The molecule has 0 aliphatic heterocycles. The Labute approximate surface area is 80.6 Å². The normalized spacial score (nSPS) is 10.6. The molecule has 3 heteroatoms. The Morgan fingerprint density at radius 1 is 1.38 bits per heavy atom. The average molecular weight is 184 g/mol. The first-order valence-electron chi connectivity index (χ1n) is 4.87. The first-order chi connectivity index (χ1) is 6.31. The van der Waals surface area contributed by atoms with Crippen LogP contribution in [0.3, 0.4) is 0 Å². The molecule has 2 N–H and O–H groups in total. The molecule has 0 aliphatic carbocycles. The topological polar surface area (TPSA) is 41.1 Å². The van der Waals surface area contributed by atoms with Gasteiger partial charge in [-0.1, -0.05) is 19.1 Å². The second-order valence-electron chi connectivity index (χ2n) is 2.87. The lowest BCUT2D eigenvalue weighted by molar-refractivity contribution is -0.119. The van der Waals surface area contributed by atoms with Crippen LogP contribution < -0.4 is 10.6 Å². The van der Waals surface area contributed by atoms with E-state index in [0.717, 1.165) is 25.8 Å². The van der Waals surface area contributed by atoms with Gasteiger partial charge in [0.1, 0.15) is 0 Å². The van der Waals surface area contributed by atoms with Crippen molar-refractivity contribution in [3.05, 3.63) is 12.2 Å². The summed E-state index contributed by atoms with van der Waals surface area (Å²) in [5.41, 5.74) is 0. The maximum atomic E-state index is 10.8. The monoisotopic (exact) mass is 184 g/mol. The Morgan fingerprint density at radius 3 is 2.77 bits per heavy atom. The number of rotatable bonds is 7. The minimum atomic E-state index is 0.0455. The molecule has 0 aliphatic rings. The fraction of sp³-hybridized carbons (Fsp3) is 0.700. The number of likely N-dealkylation sites (N-methyl/N-ethyl adjacent to an activating group) is 1. The smallest absolute Gasteiger partial charge is 0.233 e. The lowest BCUT2D eigenvalue weighted by atomic mass is 10.2. The third-order valence-electron chi connectivity index (χ3n) is 1.69. The number of carbonyl (C=O) groups excluding carboxylic acids is 1. The highest BCUT2D eigenvalue weighted by Crippen LogP contribution is 1.90. The fourth-order valence-corrected chi connectivity index (χ4v) is 0.920. The molecule has 0 heterocycles. The second-order valence-corrected chi connectivity index (χ2v) is 2.87. The van der Waals surface area contributed by atoms with Gasteiger partial charge in [-0.05, 0) is 25.8 Å². The SMILES string of the molecule is CC/C=C/CCCNCC(=O)NC. The van der Waals surface area contributed by atoms with Gasteiger partial charge in [0.2, 0.25) is 5.91 Å². The van der Waals surface area contributed by atoms with Crippen molar-refractivity contribution >= 4 is 5.91 Å². The van der Waals surface area contributed by atoms with Crippen LogP contribution in [0, 0.1) is 0 Å². The third kappa shape index (κ3) is 9.08. The average Bonchev–Trinajstić information content (AvgIpc) is 2.16. The van der Waals surface area contributed by atoms with E-state index >= 15 is 0 Å². The molecular formula is C10H20N2O. The van der Waals surface area contributed by atoms with E-state index in [9.17, 15) is 4.79 Å². The first kappa shape index (κ1) is 12.2.